The molecule has 0 bridgehead atoms. The third-order valence-corrected chi connectivity index (χ3v) is 5.79. The third-order valence-electron chi connectivity index (χ3n) is 5.79. The minimum Gasteiger partial charge on any atom is -0.487 e. The Morgan fingerprint density at radius 3 is 2.80 bits per heavy atom. The number of benzene rings is 2. The van der Waals surface area contributed by atoms with E-state index >= 15 is 0 Å². The van der Waals surface area contributed by atoms with Crippen molar-refractivity contribution in [3.05, 3.63) is 66.0 Å². The summed E-state index contributed by atoms with van der Waals surface area (Å²) in [4.78, 5) is 27.5. The lowest BCUT2D eigenvalue weighted by Crippen LogP contribution is -2.34. The fourth-order valence-corrected chi connectivity index (χ4v) is 4.15. The second-order valence-corrected chi connectivity index (χ2v) is 8.01. The van der Waals surface area contributed by atoms with Gasteiger partial charge in [-0.05, 0) is 36.4 Å². The van der Waals surface area contributed by atoms with Gasteiger partial charge in [-0.25, -0.2) is 19.2 Å². The van der Waals surface area contributed by atoms with Gasteiger partial charge >= 0.3 is 12.2 Å². The van der Waals surface area contributed by atoms with Gasteiger partial charge in [-0.3, -0.25) is 0 Å². The van der Waals surface area contributed by atoms with E-state index < -0.39 is 29.6 Å². The Kier molecular flexibility index (Phi) is 4.56. The van der Waals surface area contributed by atoms with Crippen LogP contribution in [-0.2, 0) is 6.18 Å². The topological polar surface area (TPSA) is 114 Å². The smallest absolute Gasteiger partial charge is 0.419 e. The Hall–Kier alpha value is -4.42. The number of H-pyrrole nitrogens is 1. The molecular formula is C22H14F4N6O3. The van der Waals surface area contributed by atoms with Gasteiger partial charge < -0.3 is 25.1 Å². The predicted molar refractivity (Wildman–Crippen MR) is 113 cm³/mol. The number of halogens is 4. The highest BCUT2D eigenvalue weighted by molar-refractivity contribution is 5.90. The number of nitrogens with zero attached hydrogens (tertiary/aromatic N) is 3. The number of fused-ring (bicyclic) bond motifs is 4. The molecule has 1 aliphatic carbocycles. The molecule has 6 rings (SSSR count). The van der Waals surface area contributed by atoms with E-state index in [0.29, 0.717) is 40.7 Å². The van der Waals surface area contributed by atoms with Crippen LogP contribution in [0.25, 0.3) is 11.2 Å². The number of anilines is 1. The number of alkyl halides is 3. The zero-order valence-electron chi connectivity index (χ0n) is 17.4. The first-order chi connectivity index (χ1) is 16.8. The van der Waals surface area contributed by atoms with E-state index in [1.807, 2.05) is 0 Å². The van der Waals surface area contributed by atoms with Gasteiger partial charge in [-0.1, -0.05) is 0 Å². The summed E-state index contributed by atoms with van der Waals surface area (Å²) in [6.45, 7) is 0. The van der Waals surface area contributed by atoms with E-state index in [2.05, 4.69) is 30.6 Å². The molecule has 2 aliphatic rings. The molecule has 3 atom stereocenters. The average Bonchev–Trinajstić information content (AvgIpc) is 3.14. The Labute approximate surface area is 193 Å². The molecule has 2 amide bonds. The standard InChI is InChI=1S/C22H14F4N6O3/c23-13-3-1-9(5-12(13)22(24,25)26)31-21(33)32-16-15-11-6-10(2-4-14(11)35-18(15)16)34-20-17-19(28-7-27-17)29-8-30-20/h1-8,15-16,18H,(H2,31,32,33)(H,27,28,29,30)/t15-,16-,18-/m0/s1. The van der Waals surface area contributed by atoms with E-state index in [4.69, 9.17) is 9.47 Å². The van der Waals surface area contributed by atoms with Gasteiger partial charge in [0, 0.05) is 11.3 Å². The minimum absolute atomic E-state index is 0.157. The number of imidazole rings is 1. The van der Waals surface area contributed by atoms with E-state index in [0.717, 1.165) is 11.6 Å². The Morgan fingerprint density at radius 2 is 1.97 bits per heavy atom. The number of aromatic nitrogens is 4. The number of ether oxygens (including phenoxy) is 2. The molecule has 0 spiro atoms. The number of hydrogen-bond acceptors (Lipinski definition) is 6. The molecule has 0 unspecified atom stereocenters. The van der Waals surface area contributed by atoms with Crippen LogP contribution in [0.1, 0.15) is 17.0 Å². The van der Waals surface area contributed by atoms with Crippen LogP contribution in [0.5, 0.6) is 17.4 Å². The molecule has 9 nitrogen and oxygen atoms in total. The highest BCUT2D eigenvalue weighted by Crippen LogP contribution is 2.54. The molecule has 0 radical (unpaired) electrons. The molecule has 2 aromatic heterocycles. The zero-order valence-corrected chi connectivity index (χ0v) is 17.4. The monoisotopic (exact) mass is 486 g/mol. The van der Waals surface area contributed by atoms with Gasteiger partial charge in [0.25, 0.3) is 0 Å². The van der Waals surface area contributed by atoms with Crippen LogP contribution in [0, 0.1) is 5.82 Å². The van der Waals surface area contributed by atoms with Gasteiger partial charge in [0.15, 0.2) is 5.65 Å². The number of hydrogen-bond donors (Lipinski definition) is 3. The van der Waals surface area contributed by atoms with Crippen LogP contribution in [0.2, 0.25) is 0 Å². The molecule has 178 valence electrons. The first kappa shape index (κ1) is 21.1. The molecule has 13 heteroatoms. The maximum atomic E-state index is 13.5. The van der Waals surface area contributed by atoms with Crippen LogP contribution in [-0.4, -0.2) is 38.1 Å². The van der Waals surface area contributed by atoms with E-state index in [1.54, 1.807) is 18.2 Å². The number of carbonyl (C=O) groups excluding carboxylic acids is 1. The van der Waals surface area contributed by atoms with E-state index in [-0.39, 0.29) is 17.7 Å². The highest BCUT2D eigenvalue weighted by atomic mass is 19.4. The number of aromatic amines is 1. The van der Waals surface area contributed by atoms with Crippen molar-refractivity contribution < 1.29 is 31.8 Å². The van der Waals surface area contributed by atoms with Crippen LogP contribution in [0.4, 0.5) is 28.0 Å². The molecule has 4 aromatic rings. The normalized spacial score (nSPS) is 20.1. The van der Waals surface area contributed by atoms with Crippen molar-refractivity contribution in [1.29, 1.82) is 0 Å². The number of carbonyl (C=O) groups is 1. The number of rotatable bonds is 4. The second-order valence-electron chi connectivity index (χ2n) is 8.01. The van der Waals surface area contributed by atoms with Crippen molar-refractivity contribution in [2.45, 2.75) is 24.2 Å². The van der Waals surface area contributed by atoms with Crippen molar-refractivity contribution in [3.63, 3.8) is 0 Å². The molecular weight excluding hydrogens is 472 g/mol. The molecule has 35 heavy (non-hydrogen) atoms. The van der Waals surface area contributed by atoms with Crippen LogP contribution >= 0.6 is 0 Å². The van der Waals surface area contributed by atoms with Gasteiger partial charge in [-0.2, -0.15) is 18.2 Å². The first-order valence-electron chi connectivity index (χ1n) is 10.3. The van der Waals surface area contributed by atoms with Gasteiger partial charge in [0.1, 0.15) is 35.3 Å². The van der Waals surface area contributed by atoms with Crippen molar-refractivity contribution >= 4 is 22.9 Å². The largest absolute Gasteiger partial charge is 0.487 e. The summed E-state index contributed by atoms with van der Waals surface area (Å²) in [7, 11) is 0. The minimum atomic E-state index is -4.88. The molecule has 1 saturated carbocycles. The molecule has 1 fully saturated rings. The Bertz CT molecular complexity index is 1470. The highest BCUT2D eigenvalue weighted by Gasteiger charge is 2.59. The summed E-state index contributed by atoms with van der Waals surface area (Å²) in [5.74, 6) is -0.142. The number of amides is 2. The van der Waals surface area contributed by atoms with Crippen LogP contribution in [0.3, 0.4) is 0 Å². The summed E-state index contributed by atoms with van der Waals surface area (Å²) in [6.07, 6.45) is -2.38. The molecule has 2 aromatic carbocycles. The number of nitrogens with one attached hydrogen (secondary N) is 3. The summed E-state index contributed by atoms with van der Waals surface area (Å²) < 4.78 is 63.9. The lowest BCUT2D eigenvalue weighted by Gasteiger charge is -2.13. The average molecular weight is 486 g/mol. The van der Waals surface area contributed by atoms with Crippen molar-refractivity contribution in [2.75, 3.05) is 5.32 Å². The molecule has 1 aliphatic heterocycles. The fourth-order valence-electron chi connectivity index (χ4n) is 4.15. The molecule has 3 heterocycles. The van der Waals surface area contributed by atoms with E-state index in [9.17, 15) is 22.4 Å². The fraction of sp³-hybridized carbons (Fsp3) is 0.182. The van der Waals surface area contributed by atoms with Crippen LogP contribution < -0.4 is 20.1 Å². The van der Waals surface area contributed by atoms with Crippen molar-refractivity contribution in [2.24, 2.45) is 0 Å². The zero-order chi connectivity index (χ0) is 24.3. The lowest BCUT2D eigenvalue weighted by atomic mass is 10.1. The first-order valence-corrected chi connectivity index (χ1v) is 10.3. The summed E-state index contributed by atoms with van der Waals surface area (Å²) in [6, 6.07) is 6.37. The van der Waals surface area contributed by atoms with Gasteiger partial charge in [0.05, 0.1) is 23.9 Å². The quantitative estimate of drug-likeness (QED) is 0.370. The Morgan fingerprint density at radius 1 is 1.11 bits per heavy atom. The third kappa shape index (κ3) is 3.74. The maximum absolute atomic E-state index is 13.5. The SMILES string of the molecule is O=C(Nc1ccc(F)c(C(F)(F)F)c1)N[C@@H]1[C@H]2Oc3ccc(Oc4ncnc5nc[nH]c45)cc3[C@@H]12. The summed E-state index contributed by atoms with van der Waals surface area (Å²) in [5.41, 5.74) is 0.169. The van der Waals surface area contributed by atoms with Gasteiger partial charge in [0.2, 0.25) is 5.88 Å². The molecule has 3 N–H and O–H groups in total. The van der Waals surface area contributed by atoms with Crippen LogP contribution in [0.15, 0.2) is 49.1 Å². The lowest BCUT2D eigenvalue weighted by molar-refractivity contribution is -0.139. The predicted octanol–water partition coefficient (Wildman–Crippen LogP) is 4.35. The van der Waals surface area contributed by atoms with Crippen molar-refractivity contribution in [3.8, 4) is 17.4 Å². The summed E-state index contributed by atoms with van der Waals surface area (Å²) in [5, 5.41) is 4.99. The van der Waals surface area contributed by atoms with Crippen molar-refractivity contribution in [1.82, 2.24) is 25.3 Å². The van der Waals surface area contributed by atoms with Gasteiger partial charge in [-0.15, -0.1) is 0 Å². The molecule has 0 saturated heterocycles. The number of urea groups is 1. The summed E-state index contributed by atoms with van der Waals surface area (Å²) >= 11 is 0. The second kappa shape index (κ2) is 7.55. The Balaban J connectivity index is 1.14. The maximum Gasteiger partial charge on any atom is 0.419 e. The van der Waals surface area contributed by atoms with E-state index in [1.165, 1.54) is 12.7 Å².